The Morgan fingerprint density at radius 2 is 2.00 bits per heavy atom. The van der Waals surface area contributed by atoms with Crippen molar-refractivity contribution in [1.82, 2.24) is 9.88 Å². The van der Waals surface area contributed by atoms with Gasteiger partial charge in [0.2, 0.25) is 5.91 Å². The van der Waals surface area contributed by atoms with E-state index in [4.69, 9.17) is 0 Å². The van der Waals surface area contributed by atoms with E-state index in [1.165, 1.54) is 41.9 Å². The number of aromatic nitrogens is 1. The van der Waals surface area contributed by atoms with E-state index in [0.717, 1.165) is 25.3 Å². The number of ketones is 1. The van der Waals surface area contributed by atoms with Gasteiger partial charge in [0.1, 0.15) is 0 Å². The number of piperidine rings is 1. The fourth-order valence-electron chi connectivity index (χ4n) is 2.75. The first kappa shape index (κ1) is 17.3. The topological polar surface area (TPSA) is 62.3 Å². The number of thiazole rings is 1. The molecule has 0 aromatic carbocycles. The van der Waals surface area contributed by atoms with Crippen molar-refractivity contribution in [3.8, 4) is 0 Å². The number of hydrogen-bond donors (Lipinski definition) is 1. The Morgan fingerprint density at radius 3 is 2.75 bits per heavy atom. The lowest BCUT2D eigenvalue weighted by Gasteiger charge is -2.25. The molecule has 7 heteroatoms. The third-order valence-corrected chi connectivity index (χ3v) is 5.72. The van der Waals surface area contributed by atoms with Crippen LogP contribution in [0.2, 0.25) is 0 Å². The molecule has 0 radical (unpaired) electrons. The van der Waals surface area contributed by atoms with Crippen LogP contribution in [-0.4, -0.2) is 34.7 Å². The molecule has 1 saturated heterocycles. The number of amides is 1. The van der Waals surface area contributed by atoms with Gasteiger partial charge in [0.05, 0.1) is 10.6 Å². The molecule has 24 heavy (non-hydrogen) atoms. The summed E-state index contributed by atoms with van der Waals surface area (Å²) in [5, 5.41) is 7.29. The van der Waals surface area contributed by atoms with Gasteiger partial charge in [-0.3, -0.25) is 14.5 Å². The van der Waals surface area contributed by atoms with E-state index in [2.05, 4.69) is 15.2 Å². The highest BCUT2D eigenvalue weighted by molar-refractivity contribution is 7.14. The van der Waals surface area contributed by atoms with E-state index < -0.39 is 0 Å². The highest BCUT2D eigenvalue weighted by Crippen LogP contribution is 2.19. The summed E-state index contributed by atoms with van der Waals surface area (Å²) < 4.78 is 0. The van der Waals surface area contributed by atoms with Crippen LogP contribution in [0, 0.1) is 0 Å². The lowest BCUT2D eigenvalue weighted by atomic mass is 10.1. The molecule has 2 aromatic rings. The Morgan fingerprint density at radius 1 is 1.17 bits per heavy atom. The van der Waals surface area contributed by atoms with Crippen molar-refractivity contribution in [2.24, 2.45) is 0 Å². The van der Waals surface area contributed by atoms with Crippen molar-refractivity contribution in [3.63, 3.8) is 0 Å². The van der Waals surface area contributed by atoms with Gasteiger partial charge in [0.15, 0.2) is 10.9 Å². The van der Waals surface area contributed by atoms with Crippen molar-refractivity contribution < 1.29 is 9.59 Å². The van der Waals surface area contributed by atoms with Gasteiger partial charge >= 0.3 is 0 Å². The SMILES string of the molecule is O=C(CCC(=O)c1cccs1)Nc1nc(CN2CCCCC2)cs1. The second kappa shape index (κ2) is 8.50. The van der Waals surface area contributed by atoms with Crippen LogP contribution in [0.5, 0.6) is 0 Å². The molecular formula is C17H21N3O2S2. The first-order valence-corrected chi connectivity index (χ1v) is 10.00. The first-order valence-electron chi connectivity index (χ1n) is 8.24. The summed E-state index contributed by atoms with van der Waals surface area (Å²) in [5.41, 5.74) is 1.01. The van der Waals surface area contributed by atoms with E-state index >= 15 is 0 Å². The Hall–Kier alpha value is -1.57. The summed E-state index contributed by atoms with van der Waals surface area (Å²) in [5.74, 6) is -0.135. The van der Waals surface area contributed by atoms with Gasteiger partial charge < -0.3 is 5.32 Å². The molecule has 0 bridgehead atoms. The van der Waals surface area contributed by atoms with Gasteiger partial charge in [-0.15, -0.1) is 22.7 Å². The monoisotopic (exact) mass is 363 g/mol. The van der Waals surface area contributed by atoms with Gasteiger partial charge in [-0.1, -0.05) is 12.5 Å². The molecule has 1 fully saturated rings. The van der Waals surface area contributed by atoms with E-state index in [1.807, 2.05) is 16.8 Å². The van der Waals surface area contributed by atoms with Gasteiger partial charge in [-0.2, -0.15) is 0 Å². The Labute approximate surface area is 149 Å². The fourth-order valence-corrected chi connectivity index (χ4v) is 4.16. The summed E-state index contributed by atoms with van der Waals surface area (Å²) in [6.07, 6.45) is 4.26. The van der Waals surface area contributed by atoms with Crippen molar-refractivity contribution >= 4 is 39.5 Å². The fraction of sp³-hybridized carbons (Fsp3) is 0.471. The molecule has 1 N–H and O–H groups in total. The number of carbonyl (C=O) groups is 2. The number of carbonyl (C=O) groups excluding carboxylic acids is 2. The minimum absolute atomic E-state index is 0.0186. The molecule has 0 saturated carbocycles. The standard InChI is InChI=1S/C17H21N3O2S2/c21-14(15-5-4-10-23-15)6-7-16(22)19-17-18-13(12-24-17)11-20-8-2-1-3-9-20/h4-5,10,12H,1-3,6-9,11H2,(H,18,19,22). The summed E-state index contributed by atoms with van der Waals surface area (Å²) in [4.78, 5) is 31.5. The van der Waals surface area contributed by atoms with Gasteiger partial charge in [0.25, 0.3) is 0 Å². The maximum Gasteiger partial charge on any atom is 0.226 e. The van der Waals surface area contributed by atoms with Crippen LogP contribution in [0.15, 0.2) is 22.9 Å². The zero-order chi connectivity index (χ0) is 16.8. The number of likely N-dealkylation sites (tertiary alicyclic amines) is 1. The zero-order valence-electron chi connectivity index (χ0n) is 13.5. The van der Waals surface area contributed by atoms with Crippen LogP contribution in [0.1, 0.15) is 47.5 Å². The van der Waals surface area contributed by atoms with Crippen LogP contribution in [0.3, 0.4) is 0 Å². The molecule has 1 amide bonds. The second-order valence-corrected chi connectivity index (χ2v) is 7.74. The predicted octanol–water partition coefficient (Wildman–Crippen LogP) is 3.79. The number of rotatable bonds is 7. The second-order valence-electron chi connectivity index (χ2n) is 5.93. The molecule has 1 aliphatic rings. The highest BCUT2D eigenvalue weighted by Gasteiger charge is 2.14. The molecule has 3 heterocycles. The largest absolute Gasteiger partial charge is 0.302 e. The maximum atomic E-state index is 12.0. The number of anilines is 1. The molecule has 128 valence electrons. The molecule has 0 atom stereocenters. The Kier molecular flexibility index (Phi) is 6.12. The Bertz CT molecular complexity index is 676. The minimum Gasteiger partial charge on any atom is -0.302 e. The molecule has 5 nitrogen and oxygen atoms in total. The predicted molar refractivity (Wildman–Crippen MR) is 97.8 cm³/mol. The third kappa shape index (κ3) is 4.96. The lowest BCUT2D eigenvalue weighted by molar-refractivity contribution is -0.116. The van der Waals surface area contributed by atoms with Crippen LogP contribution in [0.4, 0.5) is 5.13 Å². The maximum absolute atomic E-state index is 12.0. The van der Waals surface area contributed by atoms with Gasteiger partial charge in [-0.05, 0) is 37.4 Å². The third-order valence-electron chi connectivity index (χ3n) is 4.01. The summed E-state index contributed by atoms with van der Waals surface area (Å²) >= 11 is 2.86. The summed E-state index contributed by atoms with van der Waals surface area (Å²) in [6, 6.07) is 3.63. The van der Waals surface area contributed by atoms with Crippen molar-refractivity contribution in [1.29, 1.82) is 0 Å². The normalized spacial score (nSPS) is 15.3. The average molecular weight is 364 g/mol. The van der Waals surface area contributed by atoms with E-state index in [0.29, 0.717) is 10.0 Å². The molecule has 2 aromatic heterocycles. The summed E-state index contributed by atoms with van der Waals surface area (Å²) in [6.45, 7) is 3.11. The molecule has 3 rings (SSSR count). The van der Waals surface area contributed by atoms with Crippen LogP contribution in [-0.2, 0) is 11.3 Å². The number of Topliss-reactive ketones (excluding diaryl/α,β-unsaturated/α-hetero) is 1. The number of nitrogens with zero attached hydrogens (tertiary/aromatic N) is 2. The zero-order valence-corrected chi connectivity index (χ0v) is 15.1. The van der Waals surface area contributed by atoms with Crippen molar-refractivity contribution in [2.45, 2.75) is 38.6 Å². The quantitative estimate of drug-likeness (QED) is 0.760. The van der Waals surface area contributed by atoms with Crippen molar-refractivity contribution in [3.05, 3.63) is 33.5 Å². The van der Waals surface area contributed by atoms with Crippen LogP contribution < -0.4 is 5.32 Å². The molecule has 1 aliphatic heterocycles. The van der Waals surface area contributed by atoms with Crippen LogP contribution in [0.25, 0.3) is 0 Å². The lowest BCUT2D eigenvalue weighted by Crippen LogP contribution is -2.29. The van der Waals surface area contributed by atoms with Crippen LogP contribution >= 0.6 is 22.7 Å². The number of nitrogens with one attached hydrogen (secondary N) is 1. The first-order chi connectivity index (χ1) is 11.7. The van der Waals surface area contributed by atoms with Gasteiger partial charge in [-0.25, -0.2) is 4.98 Å². The average Bonchev–Trinajstić information content (AvgIpc) is 3.26. The van der Waals surface area contributed by atoms with E-state index in [9.17, 15) is 9.59 Å². The molecular weight excluding hydrogens is 342 g/mol. The molecule has 0 spiro atoms. The highest BCUT2D eigenvalue weighted by atomic mass is 32.1. The molecule has 0 aliphatic carbocycles. The van der Waals surface area contributed by atoms with Crippen molar-refractivity contribution in [2.75, 3.05) is 18.4 Å². The Balaban J connectivity index is 1.43. The van der Waals surface area contributed by atoms with Gasteiger partial charge in [0, 0.05) is 24.8 Å². The minimum atomic E-state index is -0.154. The smallest absolute Gasteiger partial charge is 0.226 e. The number of hydrogen-bond acceptors (Lipinski definition) is 6. The summed E-state index contributed by atoms with van der Waals surface area (Å²) in [7, 11) is 0. The number of thiophene rings is 1. The van der Waals surface area contributed by atoms with E-state index in [1.54, 1.807) is 6.07 Å². The molecule has 0 unspecified atom stereocenters. The van der Waals surface area contributed by atoms with E-state index in [-0.39, 0.29) is 24.5 Å².